The number of aryl methyl sites for hydroxylation is 2. The predicted molar refractivity (Wildman–Crippen MR) is 108 cm³/mol. The van der Waals surface area contributed by atoms with Gasteiger partial charge in [-0.2, -0.15) is 0 Å². The average molecular weight is 383 g/mol. The molecule has 0 unspecified atom stereocenters. The van der Waals surface area contributed by atoms with E-state index in [-0.39, 0.29) is 17.4 Å². The summed E-state index contributed by atoms with van der Waals surface area (Å²) in [6.07, 6.45) is 1.35. The van der Waals surface area contributed by atoms with Gasteiger partial charge in [0.2, 0.25) is 0 Å². The van der Waals surface area contributed by atoms with Gasteiger partial charge < -0.3 is 11.1 Å². The van der Waals surface area contributed by atoms with Gasteiger partial charge in [-0.3, -0.25) is 15.6 Å². The summed E-state index contributed by atoms with van der Waals surface area (Å²) in [6.45, 7) is 3.90. The zero-order chi connectivity index (χ0) is 19.4. The molecule has 2 aromatic carbocycles. The minimum atomic E-state index is -0.298. The van der Waals surface area contributed by atoms with Crippen molar-refractivity contribution in [2.24, 2.45) is 0 Å². The molecule has 0 radical (unpaired) electrons. The highest BCUT2D eigenvalue weighted by atomic mass is 35.5. The molecule has 138 valence electrons. The smallest absolute Gasteiger partial charge is 0.269 e. The Balaban J connectivity index is 1.74. The van der Waals surface area contributed by atoms with Crippen molar-refractivity contribution in [3.63, 3.8) is 0 Å². The SMILES string of the molecule is Cc1ccc(C(=O)NNc2ncnc(Nc3cc(Cl)ccc3C)c2N)cc1. The Morgan fingerprint density at radius 3 is 2.48 bits per heavy atom. The van der Waals surface area contributed by atoms with Crippen LogP contribution in [-0.4, -0.2) is 15.9 Å². The lowest BCUT2D eigenvalue weighted by Crippen LogP contribution is -2.30. The maximum Gasteiger partial charge on any atom is 0.269 e. The normalized spacial score (nSPS) is 10.3. The number of carbonyl (C=O) groups is 1. The fourth-order valence-electron chi connectivity index (χ4n) is 2.34. The molecule has 0 aliphatic heterocycles. The highest BCUT2D eigenvalue weighted by Crippen LogP contribution is 2.28. The first-order chi connectivity index (χ1) is 12.9. The van der Waals surface area contributed by atoms with Crippen LogP contribution < -0.4 is 21.9 Å². The van der Waals surface area contributed by atoms with Crippen LogP contribution >= 0.6 is 11.6 Å². The highest BCUT2D eigenvalue weighted by molar-refractivity contribution is 6.30. The first-order valence-electron chi connectivity index (χ1n) is 8.20. The Kier molecular flexibility index (Phi) is 5.42. The number of carbonyl (C=O) groups excluding carboxylic acids is 1. The topological polar surface area (TPSA) is 105 Å². The van der Waals surface area contributed by atoms with Gasteiger partial charge in [-0.15, -0.1) is 0 Å². The van der Waals surface area contributed by atoms with E-state index in [0.717, 1.165) is 16.8 Å². The van der Waals surface area contributed by atoms with E-state index in [1.54, 1.807) is 24.3 Å². The van der Waals surface area contributed by atoms with Crippen molar-refractivity contribution >= 4 is 40.5 Å². The van der Waals surface area contributed by atoms with Crippen LogP contribution in [0.25, 0.3) is 0 Å². The summed E-state index contributed by atoms with van der Waals surface area (Å²) < 4.78 is 0. The maximum absolute atomic E-state index is 12.2. The van der Waals surface area contributed by atoms with E-state index in [1.165, 1.54) is 6.33 Å². The molecule has 0 saturated carbocycles. The number of anilines is 4. The Morgan fingerprint density at radius 1 is 1.04 bits per heavy atom. The summed E-state index contributed by atoms with van der Waals surface area (Å²) in [7, 11) is 0. The van der Waals surface area contributed by atoms with Gasteiger partial charge in [-0.1, -0.05) is 35.4 Å². The van der Waals surface area contributed by atoms with Crippen molar-refractivity contribution in [2.75, 3.05) is 16.5 Å². The van der Waals surface area contributed by atoms with Crippen LogP contribution in [0.4, 0.5) is 23.0 Å². The second-order valence-electron chi connectivity index (χ2n) is 6.01. The van der Waals surface area contributed by atoms with E-state index >= 15 is 0 Å². The standard InChI is InChI=1S/C19H19ClN6O/c1-11-3-6-13(7-4-11)19(27)26-25-18-16(21)17(22-10-23-18)24-15-9-14(20)8-5-12(15)2/h3-10H,21H2,1-2H3,(H,26,27)(H2,22,23,24,25). The van der Waals surface area contributed by atoms with Gasteiger partial charge >= 0.3 is 0 Å². The van der Waals surface area contributed by atoms with Gasteiger partial charge in [0.15, 0.2) is 11.6 Å². The first-order valence-corrected chi connectivity index (χ1v) is 8.58. The van der Waals surface area contributed by atoms with Crippen molar-refractivity contribution in [1.29, 1.82) is 0 Å². The van der Waals surface area contributed by atoms with Crippen molar-refractivity contribution in [2.45, 2.75) is 13.8 Å². The van der Waals surface area contributed by atoms with Gasteiger partial charge in [0.1, 0.15) is 12.0 Å². The molecule has 8 heteroatoms. The van der Waals surface area contributed by atoms with Gasteiger partial charge in [0.25, 0.3) is 5.91 Å². The van der Waals surface area contributed by atoms with Crippen LogP contribution in [0, 0.1) is 13.8 Å². The van der Waals surface area contributed by atoms with Crippen molar-refractivity contribution in [3.05, 3.63) is 70.5 Å². The van der Waals surface area contributed by atoms with E-state index in [4.69, 9.17) is 17.3 Å². The van der Waals surface area contributed by atoms with Gasteiger partial charge in [-0.05, 0) is 43.7 Å². The predicted octanol–water partition coefficient (Wildman–Crippen LogP) is 3.83. The molecule has 0 atom stereocenters. The third kappa shape index (κ3) is 4.45. The monoisotopic (exact) mass is 382 g/mol. The third-order valence-corrected chi connectivity index (χ3v) is 4.18. The lowest BCUT2D eigenvalue weighted by molar-refractivity contribution is 0.0962. The molecule has 1 aromatic heterocycles. The average Bonchev–Trinajstić information content (AvgIpc) is 2.65. The second kappa shape index (κ2) is 7.92. The minimum absolute atomic E-state index is 0.265. The molecule has 0 aliphatic carbocycles. The van der Waals surface area contributed by atoms with Gasteiger partial charge in [-0.25, -0.2) is 9.97 Å². The molecular weight excluding hydrogens is 364 g/mol. The van der Waals surface area contributed by atoms with Crippen LogP contribution in [0.2, 0.25) is 5.02 Å². The Labute approximate surface area is 162 Å². The largest absolute Gasteiger partial charge is 0.393 e. The van der Waals surface area contributed by atoms with Gasteiger partial charge in [0, 0.05) is 16.3 Å². The Hall–Kier alpha value is -3.32. The van der Waals surface area contributed by atoms with Crippen LogP contribution in [0.1, 0.15) is 21.5 Å². The number of nitrogens with zero attached hydrogens (tertiary/aromatic N) is 2. The summed E-state index contributed by atoms with van der Waals surface area (Å²) in [5.41, 5.74) is 15.1. The summed E-state index contributed by atoms with van der Waals surface area (Å²) in [4.78, 5) is 20.4. The molecule has 0 fully saturated rings. The minimum Gasteiger partial charge on any atom is -0.393 e. The second-order valence-corrected chi connectivity index (χ2v) is 6.45. The Bertz CT molecular complexity index is 974. The summed E-state index contributed by atoms with van der Waals surface area (Å²) in [5.74, 6) is 0.392. The van der Waals surface area contributed by atoms with Crippen LogP contribution in [0.5, 0.6) is 0 Å². The quantitative estimate of drug-likeness (QED) is 0.500. The maximum atomic E-state index is 12.2. The number of hydrogen-bond acceptors (Lipinski definition) is 6. The number of amides is 1. The number of nitrogens with two attached hydrogens (primary N) is 1. The molecule has 3 aromatic rings. The van der Waals surface area contributed by atoms with Crippen molar-refractivity contribution in [1.82, 2.24) is 15.4 Å². The lowest BCUT2D eigenvalue weighted by atomic mass is 10.1. The molecule has 3 rings (SSSR count). The third-order valence-electron chi connectivity index (χ3n) is 3.94. The van der Waals surface area contributed by atoms with E-state index in [0.29, 0.717) is 16.4 Å². The lowest BCUT2D eigenvalue weighted by Gasteiger charge is -2.14. The molecule has 0 saturated heterocycles. The van der Waals surface area contributed by atoms with Crippen LogP contribution in [-0.2, 0) is 0 Å². The van der Waals surface area contributed by atoms with Crippen LogP contribution in [0.15, 0.2) is 48.8 Å². The van der Waals surface area contributed by atoms with E-state index < -0.39 is 0 Å². The fourth-order valence-corrected chi connectivity index (χ4v) is 2.52. The molecule has 0 spiro atoms. The number of hydrogen-bond donors (Lipinski definition) is 4. The van der Waals surface area contributed by atoms with Crippen molar-refractivity contribution < 1.29 is 4.79 Å². The zero-order valence-corrected chi connectivity index (χ0v) is 15.6. The number of nitrogen functional groups attached to an aromatic ring is 1. The molecule has 1 amide bonds. The number of rotatable bonds is 5. The summed E-state index contributed by atoms with van der Waals surface area (Å²) >= 11 is 6.04. The van der Waals surface area contributed by atoms with Crippen LogP contribution in [0.3, 0.4) is 0 Å². The molecular formula is C19H19ClN6O. The summed E-state index contributed by atoms with van der Waals surface area (Å²) in [5, 5.41) is 3.73. The van der Waals surface area contributed by atoms with Crippen molar-refractivity contribution in [3.8, 4) is 0 Å². The zero-order valence-electron chi connectivity index (χ0n) is 14.9. The summed E-state index contributed by atoms with van der Waals surface area (Å²) in [6, 6.07) is 12.7. The van der Waals surface area contributed by atoms with E-state index in [9.17, 15) is 4.79 Å². The Morgan fingerprint density at radius 2 is 1.74 bits per heavy atom. The number of hydrazine groups is 1. The van der Waals surface area contributed by atoms with E-state index in [1.807, 2.05) is 32.0 Å². The van der Waals surface area contributed by atoms with Gasteiger partial charge in [0.05, 0.1) is 0 Å². The molecule has 27 heavy (non-hydrogen) atoms. The number of nitrogens with one attached hydrogen (secondary N) is 3. The molecule has 5 N–H and O–H groups in total. The molecule has 0 aliphatic rings. The first kappa shape index (κ1) is 18.5. The molecule has 1 heterocycles. The molecule has 0 bridgehead atoms. The number of benzene rings is 2. The fraction of sp³-hybridized carbons (Fsp3) is 0.105. The highest BCUT2D eigenvalue weighted by Gasteiger charge is 2.11. The number of halogens is 1. The molecule has 7 nitrogen and oxygen atoms in total. The number of aromatic nitrogens is 2. The van der Waals surface area contributed by atoms with E-state index in [2.05, 4.69) is 26.1 Å².